The van der Waals surface area contributed by atoms with Crippen molar-refractivity contribution in [3.63, 3.8) is 0 Å². The lowest BCUT2D eigenvalue weighted by Gasteiger charge is -2.22. The lowest BCUT2D eigenvalue weighted by atomic mass is 10.1. The Balaban J connectivity index is 1.84. The fourth-order valence-corrected chi connectivity index (χ4v) is 3.03. The van der Waals surface area contributed by atoms with E-state index in [9.17, 15) is 17.6 Å². The van der Waals surface area contributed by atoms with Crippen molar-refractivity contribution in [2.24, 2.45) is 0 Å². The van der Waals surface area contributed by atoms with Crippen LogP contribution in [0, 0.1) is 0 Å². The molecule has 2 aromatic carbocycles. The first kappa shape index (κ1) is 17.9. The normalized spacial score (nSPS) is 12.3. The summed E-state index contributed by atoms with van der Waals surface area (Å²) in [7, 11) is 0. The maximum Gasteiger partial charge on any atom is 0.299 e. The van der Waals surface area contributed by atoms with Gasteiger partial charge < -0.3 is 0 Å². The number of halogens is 4. The van der Waals surface area contributed by atoms with Crippen LogP contribution >= 0.6 is 11.8 Å². The van der Waals surface area contributed by atoms with Crippen molar-refractivity contribution >= 4 is 11.8 Å². The van der Waals surface area contributed by atoms with Gasteiger partial charge in [-0.3, -0.25) is 0 Å². The molecule has 0 saturated heterocycles. The highest BCUT2D eigenvalue weighted by atomic mass is 32.2. The van der Waals surface area contributed by atoms with E-state index in [1.807, 2.05) is 0 Å². The maximum atomic E-state index is 13.8. The highest BCUT2D eigenvalue weighted by Crippen LogP contribution is 2.46. The highest BCUT2D eigenvalue weighted by molar-refractivity contribution is 8.01. The van der Waals surface area contributed by atoms with Gasteiger partial charge in [0.2, 0.25) is 0 Å². The molecule has 0 N–H and O–H groups in total. The van der Waals surface area contributed by atoms with Crippen molar-refractivity contribution in [1.82, 2.24) is 0 Å². The minimum Gasteiger partial charge on any atom is -0.194 e. The molecule has 2 rings (SSSR count). The second kappa shape index (κ2) is 7.86. The van der Waals surface area contributed by atoms with Crippen molar-refractivity contribution in [2.75, 3.05) is 0 Å². The largest absolute Gasteiger partial charge is 0.299 e. The topological polar surface area (TPSA) is 0 Å². The first-order valence-electron chi connectivity index (χ1n) is 7.40. The summed E-state index contributed by atoms with van der Waals surface area (Å²) in [6.45, 7) is 0. The van der Waals surface area contributed by atoms with Gasteiger partial charge in [0.25, 0.3) is 10.5 Å². The van der Waals surface area contributed by atoms with Gasteiger partial charge >= 0.3 is 0 Å². The van der Waals surface area contributed by atoms with E-state index in [1.54, 1.807) is 60.7 Å². The molecular weight excluding hydrogens is 324 g/mol. The van der Waals surface area contributed by atoms with Crippen molar-refractivity contribution in [3.8, 4) is 0 Å². The molecule has 0 spiro atoms. The van der Waals surface area contributed by atoms with Gasteiger partial charge in [0.1, 0.15) is 0 Å². The highest BCUT2D eigenvalue weighted by Gasteiger charge is 2.43. The smallest absolute Gasteiger partial charge is 0.194 e. The summed E-state index contributed by atoms with van der Waals surface area (Å²) in [5.74, 6) is 0. The van der Waals surface area contributed by atoms with E-state index in [0.29, 0.717) is 0 Å². The standard InChI is InChI=1S/C18H18F4S/c19-17(20,13-11-15-7-3-1-4-8-15)23-18(21,22)14-12-16-9-5-2-6-10-16/h1-10H,11-14H2. The molecule has 0 fully saturated rings. The molecule has 2 aromatic rings. The van der Waals surface area contributed by atoms with Gasteiger partial charge in [-0.2, -0.15) is 17.6 Å². The molecule has 0 aromatic heterocycles. The summed E-state index contributed by atoms with van der Waals surface area (Å²) >= 11 is -0.524. The molecule has 0 aliphatic carbocycles. The van der Waals surface area contributed by atoms with Gasteiger partial charge in [0, 0.05) is 12.8 Å². The Labute approximate surface area is 137 Å². The SMILES string of the molecule is FC(F)(CCc1ccccc1)SC(F)(F)CCc1ccccc1. The van der Waals surface area contributed by atoms with Gasteiger partial charge in [0.15, 0.2) is 0 Å². The average molecular weight is 342 g/mol. The summed E-state index contributed by atoms with van der Waals surface area (Å²) < 4.78 is 55.3. The molecule has 0 radical (unpaired) electrons. The van der Waals surface area contributed by atoms with Crippen LogP contribution in [0.4, 0.5) is 17.6 Å². The minimum absolute atomic E-state index is 0.0790. The maximum absolute atomic E-state index is 13.8. The van der Waals surface area contributed by atoms with Crippen LogP contribution in [0.2, 0.25) is 0 Å². The van der Waals surface area contributed by atoms with Crippen LogP contribution in [0.1, 0.15) is 24.0 Å². The van der Waals surface area contributed by atoms with Crippen LogP contribution in [0.5, 0.6) is 0 Å². The van der Waals surface area contributed by atoms with Gasteiger partial charge in [-0.25, -0.2) is 0 Å². The third-order valence-electron chi connectivity index (χ3n) is 3.39. The third kappa shape index (κ3) is 6.65. The Kier molecular flexibility index (Phi) is 6.10. The first-order valence-corrected chi connectivity index (χ1v) is 8.22. The number of alkyl halides is 4. The van der Waals surface area contributed by atoms with Gasteiger partial charge in [-0.05, 0) is 35.7 Å². The average Bonchev–Trinajstić information content (AvgIpc) is 2.52. The van der Waals surface area contributed by atoms with Crippen LogP contribution in [0.25, 0.3) is 0 Å². The lowest BCUT2D eigenvalue weighted by Crippen LogP contribution is -2.23. The van der Waals surface area contributed by atoms with Crippen molar-refractivity contribution < 1.29 is 17.6 Å². The summed E-state index contributed by atoms with van der Waals surface area (Å²) in [6, 6.07) is 17.4. The molecule has 0 saturated carbocycles. The zero-order chi connectivity index (χ0) is 16.8. The predicted octanol–water partition coefficient (Wildman–Crippen LogP) is 6.17. The molecule has 0 unspecified atom stereocenters. The third-order valence-corrected chi connectivity index (χ3v) is 4.40. The fourth-order valence-electron chi connectivity index (χ4n) is 2.19. The molecular formula is C18H18F4S. The summed E-state index contributed by atoms with van der Waals surface area (Å²) in [5.41, 5.74) is 1.45. The van der Waals surface area contributed by atoms with Crippen LogP contribution in [0.15, 0.2) is 60.7 Å². The number of aryl methyl sites for hydroxylation is 2. The van der Waals surface area contributed by atoms with E-state index in [-0.39, 0.29) is 12.8 Å². The van der Waals surface area contributed by atoms with Crippen molar-refractivity contribution in [1.29, 1.82) is 0 Å². The molecule has 0 aliphatic heterocycles. The molecule has 5 heteroatoms. The predicted molar refractivity (Wildman–Crippen MR) is 87.0 cm³/mol. The monoisotopic (exact) mass is 342 g/mol. The van der Waals surface area contributed by atoms with Crippen molar-refractivity contribution in [3.05, 3.63) is 71.8 Å². The number of hydrogen-bond donors (Lipinski definition) is 0. The molecule has 0 atom stereocenters. The first-order chi connectivity index (χ1) is 10.9. The van der Waals surface area contributed by atoms with E-state index in [1.165, 1.54) is 0 Å². The van der Waals surface area contributed by atoms with Gasteiger partial charge in [-0.15, -0.1) is 0 Å². The number of benzene rings is 2. The molecule has 0 bridgehead atoms. The Hall–Kier alpha value is -1.49. The second-order valence-corrected chi connectivity index (χ2v) is 6.75. The molecule has 124 valence electrons. The second-order valence-electron chi connectivity index (χ2n) is 5.35. The zero-order valence-electron chi connectivity index (χ0n) is 12.5. The number of thioether (sulfide) groups is 1. The van der Waals surface area contributed by atoms with Crippen LogP contribution in [-0.2, 0) is 12.8 Å². The van der Waals surface area contributed by atoms with E-state index in [2.05, 4.69) is 0 Å². The Morgan fingerprint density at radius 1 is 0.609 bits per heavy atom. The quantitative estimate of drug-likeness (QED) is 0.517. The van der Waals surface area contributed by atoms with Crippen LogP contribution in [0.3, 0.4) is 0 Å². The molecule has 0 aliphatic rings. The summed E-state index contributed by atoms with van der Waals surface area (Å²) in [5, 5.41) is -6.90. The number of rotatable bonds is 8. The number of hydrogen-bond acceptors (Lipinski definition) is 1. The molecule has 0 amide bonds. The van der Waals surface area contributed by atoms with E-state index in [0.717, 1.165) is 11.1 Å². The Bertz CT molecular complexity index is 531. The van der Waals surface area contributed by atoms with Crippen LogP contribution in [-0.4, -0.2) is 10.5 Å². The Morgan fingerprint density at radius 2 is 0.957 bits per heavy atom. The zero-order valence-corrected chi connectivity index (χ0v) is 13.3. The van der Waals surface area contributed by atoms with E-state index >= 15 is 0 Å². The fraction of sp³-hybridized carbons (Fsp3) is 0.333. The summed E-state index contributed by atoms with van der Waals surface area (Å²) in [4.78, 5) is 0. The minimum atomic E-state index is -3.45. The van der Waals surface area contributed by atoms with E-state index in [4.69, 9.17) is 0 Å². The Morgan fingerprint density at radius 3 is 1.30 bits per heavy atom. The summed E-state index contributed by atoms with van der Waals surface area (Å²) in [6.07, 6.45) is -1.03. The van der Waals surface area contributed by atoms with E-state index < -0.39 is 35.1 Å². The van der Waals surface area contributed by atoms with Gasteiger partial charge in [-0.1, -0.05) is 60.7 Å². The molecule has 23 heavy (non-hydrogen) atoms. The van der Waals surface area contributed by atoms with Crippen LogP contribution < -0.4 is 0 Å². The molecule has 0 heterocycles. The lowest BCUT2D eigenvalue weighted by molar-refractivity contribution is 0.0583. The van der Waals surface area contributed by atoms with Crippen molar-refractivity contribution in [2.45, 2.75) is 36.2 Å². The van der Waals surface area contributed by atoms with Gasteiger partial charge in [0.05, 0.1) is 0 Å². The molecule has 0 nitrogen and oxygen atoms in total.